The Kier molecular flexibility index (Phi) is 4.85. The first-order chi connectivity index (χ1) is 6.70. The normalized spacial score (nSPS) is 26.4. The van der Waals surface area contributed by atoms with Crippen molar-refractivity contribution >= 4 is 0 Å². The second-order valence-corrected chi connectivity index (χ2v) is 4.50. The molecule has 1 saturated heterocycles. The smallest absolute Gasteiger partial charge is 0.0507 e. The van der Waals surface area contributed by atoms with E-state index in [4.69, 9.17) is 9.84 Å². The van der Waals surface area contributed by atoms with Gasteiger partial charge in [-0.2, -0.15) is 0 Å². The summed E-state index contributed by atoms with van der Waals surface area (Å²) in [5.41, 5.74) is 0.0946. The minimum Gasteiger partial charge on any atom is -0.396 e. The summed E-state index contributed by atoms with van der Waals surface area (Å²) in [6.07, 6.45) is 3.06. The fourth-order valence-corrected chi connectivity index (χ4v) is 1.77. The molecule has 1 aliphatic heterocycles. The molecular weight excluding hydrogens is 178 g/mol. The van der Waals surface area contributed by atoms with Crippen LogP contribution in [0.25, 0.3) is 0 Å². The van der Waals surface area contributed by atoms with Gasteiger partial charge in [0, 0.05) is 25.3 Å². The van der Waals surface area contributed by atoms with Gasteiger partial charge in [-0.05, 0) is 32.1 Å². The highest BCUT2D eigenvalue weighted by atomic mass is 16.5. The van der Waals surface area contributed by atoms with Crippen LogP contribution in [-0.4, -0.2) is 37.0 Å². The molecule has 0 aromatic carbocycles. The average molecular weight is 201 g/mol. The highest BCUT2D eigenvalue weighted by Crippen LogP contribution is 2.17. The van der Waals surface area contributed by atoms with Crippen LogP contribution in [0.2, 0.25) is 0 Å². The van der Waals surface area contributed by atoms with Gasteiger partial charge in [0.25, 0.3) is 0 Å². The Morgan fingerprint density at radius 3 is 2.86 bits per heavy atom. The van der Waals surface area contributed by atoms with Crippen LogP contribution < -0.4 is 5.32 Å². The number of hydrogen-bond acceptors (Lipinski definition) is 3. The third kappa shape index (κ3) is 3.56. The van der Waals surface area contributed by atoms with Crippen LogP contribution in [0.3, 0.4) is 0 Å². The van der Waals surface area contributed by atoms with E-state index in [1.807, 2.05) is 0 Å². The minimum absolute atomic E-state index is 0.0946. The van der Waals surface area contributed by atoms with Gasteiger partial charge < -0.3 is 15.2 Å². The summed E-state index contributed by atoms with van der Waals surface area (Å²) in [7, 11) is 0. The number of rotatable bonds is 6. The lowest BCUT2D eigenvalue weighted by molar-refractivity contribution is 0.176. The molecule has 0 aliphatic carbocycles. The van der Waals surface area contributed by atoms with E-state index in [2.05, 4.69) is 19.2 Å². The summed E-state index contributed by atoms with van der Waals surface area (Å²) < 4.78 is 5.33. The number of nitrogens with one attached hydrogen (secondary N) is 1. The average Bonchev–Trinajstić information content (AvgIpc) is 2.68. The largest absolute Gasteiger partial charge is 0.396 e. The zero-order valence-corrected chi connectivity index (χ0v) is 9.38. The number of hydrogen-bond donors (Lipinski definition) is 2. The standard InChI is InChI=1S/C11H23NO2/c1-3-11(2,5-6-13)12-8-10-4-7-14-9-10/h10,12-13H,3-9H2,1-2H3. The van der Waals surface area contributed by atoms with E-state index < -0.39 is 0 Å². The first-order valence-corrected chi connectivity index (χ1v) is 5.64. The van der Waals surface area contributed by atoms with Crippen molar-refractivity contribution in [3.63, 3.8) is 0 Å². The van der Waals surface area contributed by atoms with Gasteiger partial charge in [-0.1, -0.05) is 6.92 Å². The van der Waals surface area contributed by atoms with E-state index in [1.54, 1.807) is 0 Å². The van der Waals surface area contributed by atoms with Gasteiger partial charge in [0.05, 0.1) is 6.61 Å². The predicted octanol–water partition coefficient (Wildman–Crippen LogP) is 1.16. The van der Waals surface area contributed by atoms with Crippen molar-refractivity contribution < 1.29 is 9.84 Å². The molecule has 3 heteroatoms. The van der Waals surface area contributed by atoms with Crippen molar-refractivity contribution in [1.82, 2.24) is 5.32 Å². The van der Waals surface area contributed by atoms with Gasteiger partial charge in [0.1, 0.15) is 0 Å². The van der Waals surface area contributed by atoms with Crippen molar-refractivity contribution in [3.05, 3.63) is 0 Å². The Morgan fingerprint density at radius 1 is 1.57 bits per heavy atom. The number of aliphatic hydroxyl groups excluding tert-OH is 1. The topological polar surface area (TPSA) is 41.5 Å². The Balaban J connectivity index is 2.25. The summed E-state index contributed by atoms with van der Waals surface area (Å²) in [5.74, 6) is 0.666. The fourth-order valence-electron chi connectivity index (χ4n) is 1.77. The van der Waals surface area contributed by atoms with Crippen molar-refractivity contribution in [2.75, 3.05) is 26.4 Å². The summed E-state index contributed by atoms with van der Waals surface area (Å²) in [5, 5.41) is 12.5. The quantitative estimate of drug-likeness (QED) is 0.677. The molecule has 0 amide bonds. The third-order valence-electron chi connectivity index (χ3n) is 3.29. The van der Waals surface area contributed by atoms with Crippen LogP contribution in [0, 0.1) is 5.92 Å². The first kappa shape index (κ1) is 12.0. The molecule has 2 unspecified atom stereocenters. The van der Waals surface area contributed by atoms with Gasteiger partial charge in [-0.15, -0.1) is 0 Å². The molecule has 0 saturated carbocycles. The van der Waals surface area contributed by atoms with Crippen LogP contribution in [0.1, 0.15) is 33.1 Å². The molecule has 1 aliphatic rings. The second-order valence-electron chi connectivity index (χ2n) is 4.50. The molecular formula is C11H23NO2. The maximum Gasteiger partial charge on any atom is 0.0507 e. The minimum atomic E-state index is 0.0946. The van der Waals surface area contributed by atoms with Crippen molar-refractivity contribution in [3.8, 4) is 0 Å². The lowest BCUT2D eigenvalue weighted by atomic mass is 9.94. The molecule has 1 rings (SSSR count). The van der Waals surface area contributed by atoms with Crippen LogP contribution in [-0.2, 0) is 4.74 Å². The summed E-state index contributed by atoms with van der Waals surface area (Å²) in [4.78, 5) is 0. The number of aliphatic hydroxyl groups is 1. The van der Waals surface area contributed by atoms with Gasteiger partial charge in [0.2, 0.25) is 0 Å². The molecule has 0 bridgehead atoms. The monoisotopic (exact) mass is 201 g/mol. The van der Waals surface area contributed by atoms with E-state index in [0.717, 1.165) is 32.6 Å². The maximum atomic E-state index is 8.96. The van der Waals surface area contributed by atoms with Crippen molar-refractivity contribution in [1.29, 1.82) is 0 Å². The van der Waals surface area contributed by atoms with E-state index in [-0.39, 0.29) is 12.1 Å². The zero-order valence-electron chi connectivity index (χ0n) is 9.38. The summed E-state index contributed by atoms with van der Waals surface area (Å²) >= 11 is 0. The second kappa shape index (κ2) is 5.69. The third-order valence-corrected chi connectivity index (χ3v) is 3.29. The molecule has 84 valence electrons. The highest BCUT2D eigenvalue weighted by molar-refractivity contribution is 4.82. The molecule has 2 atom stereocenters. The Hall–Kier alpha value is -0.120. The van der Waals surface area contributed by atoms with E-state index in [1.165, 1.54) is 6.42 Å². The van der Waals surface area contributed by atoms with Gasteiger partial charge >= 0.3 is 0 Å². The number of ether oxygens (including phenoxy) is 1. The van der Waals surface area contributed by atoms with Gasteiger partial charge in [-0.3, -0.25) is 0 Å². The Bertz CT molecular complexity index is 157. The van der Waals surface area contributed by atoms with Gasteiger partial charge in [-0.25, -0.2) is 0 Å². The molecule has 1 heterocycles. The summed E-state index contributed by atoms with van der Waals surface area (Å²) in [6, 6.07) is 0. The van der Waals surface area contributed by atoms with Crippen LogP contribution >= 0.6 is 0 Å². The lowest BCUT2D eigenvalue weighted by Gasteiger charge is -2.30. The fraction of sp³-hybridized carbons (Fsp3) is 1.00. The van der Waals surface area contributed by atoms with Crippen molar-refractivity contribution in [2.24, 2.45) is 5.92 Å². The molecule has 1 fully saturated rings. The Labute approximate surface area is 86.8 Å². The highest BCUT2D eigenvalue weighted by Gasteiger charge is 2.23. The SMILES string of the molecule is CCC(C)(CCO)NCC1CCOC1. The lowest BCUT2D eigenvalue weighted by Crippen LogP contribution is -2.44. The molecule has 0 spiro atoms. The molecule has 14 heavy (non-hydrogen) atoms. The van der Waals surface area contributed by atoms with Crippen LogP contribution in [0.15, 0.2) is 0 Å². The van der Waals surface area contributed by atoms with Crippen molar-refractivity contribution in [2.45, 2.75) is 38.6 Å². The zero-order chi connectivity index (χ0) is 10.4. The molecule has 3 nitrogen and oxygen atoms in total. The van der Waals surface area contributed by atoms with E-state index >= 15 is 0 Å². The molecule has 0 aromatic rings. The Morgan fingerprint density at radius 2 is 2.36 bits per heavy atom. The van der Waals surface area contributed by atoms with E-state index in [9.17, 15) is 0 Å². The predicted molar refractivity (Wildman–Crippen MR) is 57.3 cm³/mol. The van der Waals surface area contributed by atoms with E-state index in [0.29, 0.717) is 5.92 Å². The maximum absolute atomic E-state index is 8.96. The molecule has 2 N–H and O–H groups in total. The molecule has 0 aromatic heterocycles. The first-order valence-electron chi connectivity index (χ1n) is 5.64. The molecule has 0 radical (unpaired) electrons. The van der Waals surface area contributed by atoms with Crippen LogP contribution in [0.5, 0.6) is 0 Å². The van der Waals surface area contributed by atoms with Crippen LogP contribution in [0.4, 0.5) is 0 Å². The summed E-state index contributed by atoms with van der Waals surface area (Å²) in [6.45, 7) is 7.43. The van der Waals surface area contributed by atoms with Gasteiger partial charge in [0.15, 0.2) is 0 Å².